The van der Waals surface area contributed by atoms with Crippen LogP contribution < -0.4 is 5.32 Å². The minimum atomic E-state index is -0.286. The highest BCUT2D eigenvalue weighted by Gasteiger charge is 2.20. The first kappa shape index (κ1) is 18.8. The molecule has 4 rings (SSSR count). The number of likely N-dealkylation sites (N-methyl/N-ethyl adjacent to an activating group) is 1. The fraction of sp³-hybridized carbons (Fsp3) is 0.273. The fourth-order valence-electron chi connectivity index (χ4n) is 3.33. The Kier molecular flexibility index (Phi) is 5.81. The third-order valence-corrected chi connectivity index (χ3v) is 5.75. The molecule has 6 heteroatoms. The first-order valence-electron chi connectivity index (χ1n) is 9.37. The largest absolute Gasteiger partial charge is 0.359 e. The Morgan fingerprint density at radius 3 is 2.43 bits per heavy atom. The van der Waals surface area contributed by atoms with Crippen molar-refractivity contribution >= 4 is 22.4 Å². The van der Waals surface area contributed by atoms with Crippen molar-refractivity contribution < 1.29 is 9.53 Å². The van der Waals surface area contributed by atoms with Gasteiger partial charge in [0.2, 0.25) is 0 Å². The van der Waals surface area contributed by atoms with Gasteiger partial charge in [-0.15, -0.1) is 11.3 Å². The summed E-state index contributed by atoms with van der Waals surface area (Å²) in [7, 11) is 2.10. The van der Waals surface area contributed by atoms with Gasteiger partial charge in [0.25, 0.3) is 5.91 Å². The number of hydrogen-bond donors (Lipinski definition) is 1. The number of benzene rings is 2. The van der Waals surface area contributed by atoms with Crippen LogP contribution in [0.4, 0.5) is 5.13 Å². The molecule has 1 aliphatic heterocycles. The molecule has 0 fully saturated rings. The Morgan fingerprint density at radius 2 is 1.79 bits per heavy atom. The summed E-state index contributed by atoms with van der Waals surface area (Å²) < 4.78 is 6.02. The van der Waals surface area contributed by atoms with Crippen LogP contribution in [-0.2, 0) is 22.5 Å². The third-order valence-electron chi connectivity index (χ3n) is 4.75. The number of aromatic nitrogens is 1. The van der Waals surface area contributed by atoms with E-state index in [9.17, 15) is 4.79 Å². The molecule has 3 aromatic rings. The average Bonchev–Trinajstić information content (AvgIpc) is 3.11. The van der Waals surface area contributed by atoms with Gasteiger partial charge in [0.05, 0.1) is 5.69 Å². The Bertz CT molecular complexity index is 888. The Balaban J connectivity index is 1.42. The van der Waals surface area contributed by atoms with Crippen LogP contribution in [0.25, 0.3) is 0 Å². The Morgan fingerprint density at radius 1 is 1.14 bits per heavy atom. The second kappa shape index (κ2) is 8.65. The van der Waals surface area contributed by atoms with Crippen molar-refractivity contribution in [3.63, 3.8) is 0 Å². The second-order valence-electron chi connectivity index (χ2n) is 6.94. The van der Waals surface area contributed by atoms with E-state index >= 15 is 0 Å². The summed E-state index contributed by atoms with van der Waals surface area (Å²) in [6.45, 7) is 1.87. The molecule has 1 aliphatic rings. The maximum atomic E-state index is 12.5. The minimum absolute atomic E-state index is 0.0292. The maximum Gasteiger partial charge on any atom is 0.252 e. The van der Waals surface area contributed by atoms with Gasteiger partial charge in [0.1, 0.15) is 12.7 Å². The molecule has 0 saturated heterocycles. The normalized spacial score (nSPS) is 14.1. The summed E-state index contributed by atoms with van der Waals surface area (Å²) in [6.07, 6.45) is 0.644. The molecule has 0 bridgehead atoms. The van der Waals surface area contributed by atoms with Gasteiger partial charge < -0.3 is 9.64 Å². The fourth-order valence-corrected chi connectivity index (χ4v) is 4.44. The van der Waals surface area contributed by atoms with E-state index in [-0.39, 0.29) is 18.6 Å². The average molecular weight is 394 g/mol. The SMILES string of the molecule is CN1CCc2nc(NC(=O)COC(c3ccccc3)c3ccccc3)sc2C1. The number of carbonyl (C=O) groups is 1. The number of ether oxygens (including phenoxy) is 1. The first-order chi connectivity index (χ1) is 13.7. The number of amides is 1. The van der Waals surface area contributed by atoms with Crippen molar-refractivity contribution in [3.05, 3.63) is 82.4 Å². The van der Waals surface area contributed by atoms with E-state index in [2.05, 4.69) is 22.2 Å². The molecule has 144 valence electrons. The van der Waals surface area contributed by atoms with Crippen molar-refractivity contribution in [2.75, 3.05) is 25.5 Å². The number of carbonyl (C=O) groups excluding carboxylic acids is 1. The highest BCUT2D eigenvalue weighted by atomic mass is 32.1. The van der Waals surface area contributed by atoms with E-state index < -0.39 is 0 Å². The highest BCUT2D eigenvalue weighted by Crippen LogP contribution is 2.28. The lowest BCUT2D eigenvalue weighted by atomic mass is 10.0. The Hall–Kier alpha value is -2.54. The number of nitrogens with one attached hydrogen (secondary N) is 1. The van der Waals surface area contributed by atoms with Gasteiger partial charge in [0.15, 0.2) is 5.13 Å². The van der Waals surface area contributed by atoms with E-state index in [4.69, 9.17) is 4.74 Å². The Labute approximate surface area is 169 Å². The van der Waals surface area contributed by atoms with E-state index in [1.54, 1.807) is 11.3 Å². The third kappa shape index (κ3) is 4.47. The zero-order valence-electron chi connectivity index (χ0n) is 15.8. The van der Waals surface area contributed by atoms with Crippen molar-refractivity contribution in [2.45, 2.75) is 19.1 Å². The number of fused-ring (bicyclic) bond motifs is 1. The van der Waals surface area contributed by atoms with Crippen LogP contribution in [0.2, 0.25) is 0 Å². The van der Waals surface area contributed by atoms with Crippen LogP contribution in [-0.4, -0.2) is 36.0 Å². The van der Waals surface area contributed by atoms with Crippen LogP contribution in [0.15, 0.2) is 60.7 Å². The van der Waals surface area contributed by atoms with Crippen molar-refractivity contribution in [1.29, 1.82) is 0 Å². The van der Waals surface area contributed by atoms with Crippen LogP contribution >= 0.6 is 11.3 Å². The lowest BCUT2D eigenvalue weighted by molar-refractivity contribution is -0.121. The van der Waals surface area contributed by atoms with Crippen molar-refractivity contribution in [1.82, 2.24) is 9.88 Å². The molecule has 1 N–H and O–H groups in total. The molecule has 0 saturated carbocycles. The molecule has 28 heavy (non-hydrogen) atoms. The number of nitrogens with zero attached hydrogens (tertiary/aromatic N) is 2. The molecule has 5 nitrogen and oxygen atoms in total. The quantitative estimate of drug-likeness (QED) is 0.691. The summed E-state index contributed by atoms with van der Waals surface area (Å²) in [5.41, 5.74) is 3.15. The molecule has 0 radical (unpaired) electrons. The van der Waals surface area contributed by atoms with Crippen LogP contribution in [0.3, 0.4) is 0 Å². The summed E-state index contributed by atoms with van der Waals surface area (Å²) in [5.74, 6) is -0.184. The highest BCUT2D eigenvalue weighted by molar-refractivity contribution is 7.15. The number of hydrogen-bond acceptors (Lipinski definition) is 5. The van der Waals surface area contributed by atoms with Gasteiger partial charge in [-0.1, -0.05) is 60.7 Å². The summed E-state index contributed by atoms with van der Waals surface area (Å²) in [5, 5.41) is 3.55. The molecule has 0 aliphatic carbocycles. The predicted octanol–water partition coefficient (Wildman–Crippen LogP) is 3.88. The van der Waals surface area contributed by atoms with E-state index in [1.807, 2.05) is 60.7 Å². The first-order valence-corrected chi connectivity index (χ1v) is 10.2. The van der Waals surface area contributed by atoms with Crippen LogP contribution in [0, 0.1) is 0 Å². The topological polar surface area (TPSA) is 54.5 Å². The lowest BCUT2D eigenvalue weighted by Gasteiger charge is -2.20. The van der Waals surface area contributed by atoms with Gasteiger partial charge >= 0.3 is 0 Å². The summed E-state index contributed by atoms with van der Waals surface area (Å²) in [4.78, 5) is 20.5. The number of rotatable bonds is 6. The van der Waals surface area contributed by atoms with Crippen molar-refractivity contribution in [3.8, 4) is 0 Å². The van der Waals surface area contributed by atoms with E-state index in [0.717, 1.165) is 36.3 Å². The molecule has 1 amide bonds. The monoisotopic (exact) mass is 393 g/mol. The van der Waals surface area contributed by atoms with Gasteiger partial charge in [-0.25, -0.2) is 4.98 Å². The summed E-state index contributed by atoms with van der Waals surface area (Å²) >= 11 is 1.55. The van der Waals surface area contributed by atoms with Gasteiger partial charge in [-0.3, -0.25) is 10.1 Å². The lowest BCUT2D eigenvalue weighted by Crippen LogP contribution is -2.25. The number of anilines is 1. The van der Waals surface area contributed by atoms with Crippen LogP contribution in [0.1, 0.15) is 27.8 Å². The molecule has 2 aromatic carbocycles. The molecular weight excluding hydrogens is 370 g/mol. The molecular formula is C22H23N3O2S. The van der Waals surface area contributed by atoms with Gasteiger partial charge in [-0.05, 0) is 18.2 Å². The van der Waals surface area contributed by atoms with Gasteiger partial charge in [-0.2, -0.15) is 0 Å². The minimum Gasteiger partial charge on any atom is -0.359 e. The van der Waals surface area contributed by atoms with E-state index in [1.165, 1.54) is 4.88 Å². The molecule has 0 atom stereocenters. The van der Waals surface area contributed by atoms with Crippen molar-refractivity contribution in [2.24, 2.45) is 0 Å². The molecule has 2 heterocycles. The summed E-state index contributed by atoms with van der Waals surface area (Å²) in [6, 6.07) is 19.9. The zero-order chi connectivity index (χ0) is 19.3. The molecule has 0 spiro atoms. The maximum absolute atomic E-state index is 12.5. The van der Waals surface area contributed by atoms with Gasteiger partial charge in [0, 0.05) is 24.4 Å². The van der Waals surface area contributed by atoms with Crippen LogP contribution in [0.5, 0.6) is 0 Å². The zero-order valence-corrected chi connectivity index (χ0v) is 16.6. The molecule has 0 unspecified atom stereocenters. The predicted molar refractivity (Wildman–Crippen MR) is 111 cm³/mol. The smallest absolute Gasteiger partial charge is 0.252 e. The van der Waals surface area contributed by atoms with E-state index in [0.29, 0.717) is 5.13 Å². The second-order valence-corrected chi connectivity index (χ2v) is 8.02. The number of thiazole rings is 1. The standard InChI is InChI=1S/C22H23N3O2S/c1-25-13-12-18-19(14-25)28-22(23-18)24-20(26)15-27-21(16-8-4-2-5-9-16)17-10-6-3-7-11-17/h2-11,21H,12-15H2,1H3,(H,23,24,26). The molecule has 1 aromatic heterocycles.